The lowest BCUT2D eigenvalue weighted by Crippen LogP contribution is -1.95. The van der Waals surface area contributed by atoms with E-state index in [1.165, 1.54) is 10.8 Å². The summed E-state index contributed by atoms with van der Waals surface area (Å²) in [4.78, 5) is 8.72. The predicted octanol–water partition coefficient (Wildman–Crippen LogP) is 3.57. The topological polar surface area (TPSA) is 30.7 Å². The molecule has 3 heteroatoms. The Morgan fingerprint density at radius 2 is 1.74 bits per heavy atom. The molecule has 3 heterocycles. The van der Waals surface area contributed by atoms with Crippen LogP contribution >= 0.6 is 0 Å². The lowest BCUT2D eigenvalue weighted by molar-refractivity contribution is 1.05. The van der Waals surface area contributed by atoms with Crippen molar-refractivity contribution in [2.45, 2.75) is 0 Å². The zero-order valence-electron chi connectivity index (χ0n) is 10.2. The molecular weight excluding hydrogens is 234 g/mol. The molecule has 3 nitrogen and oxygen atoms in total. The van der Waals surface area contributed by atoms with Crippen molar-refractivity contribution in [3.05, 3.63) is 67.3 Å². The highest BCUT2D eigenvalue weighted by molar-refractivity contribution is 5.85. The van der Waals surface area contributed by atoms with Gasteiger partial charge in [-0.25, -0.2) is 4.98 Å². The average molecular weight is 245 g/mol. The summed E-state index contributed by atoms with van der Waals surface area (Å²) < 4.78 is 2.06. The molecule has 0 radical (unpaired) electrons. The molecule has 0 N–H and O–H groups in total. The summed E-state index contributed by atoms with van der Waals surface area (Å²) in [5.74, 6) is 0.918. The van der Waals surface area contributed by atoms with Crippen molar-refractivity contribution in [1.82, 2.24) is 14.5 Å². The predicted molar refractivity (Wildman–Crippen MR) is 76.4 cm³/mol. The van der Waals surface area contributed by atoms with E-state index >= 15 is 0 Å². The van der Waals surface area contributed by atoms with Crippen LogP contribution in [0.3, 0.4) is 0 Å². The van der Waals surface area contributed by atoms with Crippen LogP contribution in [0.5, 0.6) is 0 Å². The number of hydrogen-bond donors (Lipinski definition) is 0. The van der Waals surface area contributed by atoms with E-state index in [0.717, 1.165) is 16.7 Å². The van der Waals surface area contributed by atoms with E-state index in [4.69, 9.17) is 0 Å². The van der Waals surface area contributed by atoms with Gasteiger partial charge in [-0.05, 0) is 23.6 Å². The van der Waals surface area contributed by atoms with Crippen molar-refractivity contribution in [2.75, 3.05) is 0 Å². The molecule has 0 saturated carbocycles. The molecule has 0 amide bonds. The second-order valence-electron chi connectivity index (χ2n) is 4.51. The minimum absolute atomic E-state index is 0.918. The van der Waals surface area contributed by atoms with Crippen LogP contribution in [0.15, 0.2) is 67.3 Å². The molecule has 1 aromatic carbocycles. The standard InChI is InChI=1S/C16H11N3/c1-2-4-14-10-18-16(9-13(14)3-1)19-8-6-12-5-7-17-11-15(12)19/h1-11H. The molecule has 4 aromatic rings. The number of nitrogens with zero attached hydrogens (tertiary/aromatic N) is 3. The third-order valence-electron chi connectivity index (χ3n) is 3.36. The maximum atomic E-state index is 4.53. The number of pyridine rings is 2. The zero-order chi connectivity index (χ0) is 12.7. The first kappa shape index (κ1) is 10.3. The average Bonchev–Trinajstić information content (AvgIpc) is 2.91. The van der Waals surface area contributed by atoms with Crippen LogP contribution < -0.4 is 0 Å². The first-order chi connectivity index (χ1) is 9.42. The van der Waals surface area contributed by atoms with E-state index in [0.29, 0.717) is 0 Å². The second-order valence-corrected chi connectivity index (χ2v) is 4.51. The van der Waals surface area contributed by atoms with Gasteiger partial charge in [-0.15, -0.1) is 0 Å². The van der Waals surface area contributed by atoms with Crippen LogP contribution in [0.25, 0.3) is 27.5 Å². The molecule has 0 aliphatic heterocycles. The molecule has 0 aliphatic carbocycles. The number of rotatable bonds is 1. The molecule has 0 bridgehead atoms. The number of hydrogen-bond acceptors (Lipinski definition) is 2. The molecule has 0 saturated heterocycles. The van der Waals surface area contributed by atoms with Crippen LogP contribution in [-0.4, -0.2) is 14.5 Å². The number of aromatic nitrogens is 3. The summed E-state index contributed by atoms with van der Waals surface area (Å²) in [6, 6.07) is 14.4. The van der Waals surface area contributed by atoms with Crippen molar-refractivity contribution in [3.8, 4) is 5.82 Å². The minimum Gasteiger partial charge on any atom is -0.300 e. The van der Waals surface area contributed by atoms with Crippen LogP contribution in [0.4, 0.5) is 0 Å². The van der Waals surface area contributed by atoms with E-state index in [-0.39, 0.29) is 0 Å². The molecule has 0 fully saturated rings. The molecule has 3 aromatic heterocycles. The Balaban J connectivity index is 1.99. The Morgan fingerprint density at radius 1 is 0.842 bits per heavy atom. The van der Waals surface area contributed by atoms with E-state index in [1.807, 2.05) is 36.8 Å². The van der Waals surface area contributed by atoms with Crippen molar-refractivity contribution >= 4 is 21.7 Å². The highest BCUT2D eigenvalue weighted by atomic mass is 15.1. The van der Waals surface area contributed by atoms with Crippen molar-refractivity contribution < 1.29 is 0 Å². The van der Waals surface area contributed by atoms with Gasteiger partial charge in [0.15, 0.2) is 0 Å². The molecule has 19 heavy (non-hydrogen) atoms. The van der Waals surface area contributed by atoms with Crippen LogP contribution in [-0.2, 0) is 0 Å². The summed E-state index contributed by atoms with van der Waals surface area (Å²) in [6.45, 7) is 0. The third-order valence-corrected chi connectivity index (χ3v) is 3.36. The van der Waals surface area contributed by atoms with Crippen LogP contribution in [0.1, 0.15) is 0 Å². The first-order valence-electron chi connectivity index (χ1n) is 6.18. The Hall–Kier alpha value is -2.68. The minimum atomic E-state index is 0.918. The largest absolute Gasteiger partial charge is 0.300 e. The second kappa shape index (κ2) is 3.92. The third kappa shape index (κ3) is 1.59. The normalized spacial score (nSPS) is 11.2. The van der Waals surface area contributed by atoms with Gasteiger partial charge in [0.2, 0.25) is 0 Å². The van der Waals surface area contributed by atoms with Crippen molar-refractivity contribution in [3.63, 3.8) is 0 Å². The summed E-state index contributed by atoms with van der Waals surface area (Å²) in [5, 5.41) is 3.52. The van der Waals surface area contributed by atoms with Gasteiger partial charge >= 0.3 is 0 Å². The van der Waals surface area contributed by atoms with E-state index in [1.54, 1.807) is 6.20 Å². The highest BCUT2D eigenvalue weighted by Gasteiger charge is 2.04. The Morgan fingerprint density at radius 3 is 2.68 bits per heavy atom. The maximum Gasteiger partial charge on any atom is 0.137 e. The van der Waals surface area contributed by atoms with Gasteiger partial charge < -0.3 is 0 Å². The van der Waals surface area contributed by atoms with Gasteiger partial charge in [0.25, 0.3) is 0 Å². The number of benzene rings is 1. The van der Waals surface area contributed by atoms with Crippen molar-refractivity contribution in [1.29, 1.82) is 0 Å². The molecule has 0 aliphatic rings. The quantitative estimate of drug-likeness (QED) is 0.513. The highest BCUT2D eigenvalue weighted by Crippen LogP contribution is 2.21. The Bertz CT molecular complexity index is 877. The molecule has 4 rings (SSSR count). The fourth-order valence-electron chi connectivity index (χ4n) is 2.38. The molecule has 90 valence electrons. The maximum absolute atomic E-state index is 4.53. The SMILES string of the molecule is c1ccc2cc(-n3ccc4ccncc43)ncc2c1. The summed E-state index contributed by atoms with van der Waals surface area (Å²) in [6.07, 6.45) is 7.61. The summed E-state index contributed by atoms with van der Waals surface area (Å²) >= 11 is 0. The first-order valence-corrected chi connectivity index (χ1v) is 6.18. The molecular formula is C16H11N3. The number of fused-ring (bicyclic) bond motifs is 2. The van der Waals surface area contributed by atoms with E-state index < -0.39 is 0 Å². The Kier molecular flexibility index (Phi) is 2.12. The van der Waals surface area contributed by atoms with E-state index in [2.05, 4.69) is 38.8 Å². The lowest BCUT2D eigenvalue weighted by atomic mass is 10.2. The zero-order valence-corrected chi connectivity index (χ0v) is 10.2. The molecule has 0 atom stereocenters. The fraction of sp³-hybridized carbons (Fsp3) is 0. The Labute approximate surface area is 110 Å². The van der Waals surface area contributed by atoms with Gasteiger partial charge in [0.1, 0.15) is 5.82 Å². The summed E-state index contributed by atoms with van der Waals surface area (Å²) in [7, 11) is 0. The van der Waals surface area contributed by atoms with Gasteiger partial charge in [-0.2, -0.15) is 0 Å². The summed E-state index contributed by atoms with van der Waals surface area (Å²) in [5.41, 5.74) is 1.07. The fourth-order valence-corrected chi connectivity index (χ4v) is 2.38. The molecule has 0 spiro atoms. The monoisotopic (exact) mass is 245 g/mol. The van der Waals surface area contributed by atoms with Gasteiger partial charge in [-0.1, -0.05) is 24.3 Å². The van der Waals surface area contributed by atoms with Crippen molar-refractivity contribution in [2.24, 2.45) is 0 Å². The van der Waals surface area contributed by atoms with E-state index in [9.17, 15) is 0 Å². The smallest absolute Gasteiger partial charge is 0.137 e. The van der Waals surface area contributed by atoms with Gasteiger partial charge in [-0.3, -0.25) is 9.55 Å². The van der Waals surface area contributed by atoms with Gasteiger partial charge in [0, 0.05) is 29.4 Å². The van der Waals surface area contributed by atoms with Crippen LogP contribution in [0, 0.1) is 0 Å². The molecule has 0 unspecified atom stereocenters. The lowest BCUT2D eigenvalue weighted by Gasteiger charge is -2.05. The van der Waals surface area contributed by atoms with Crippen LogP contribution in [0.2, 0.25) is 0 Å². The van der Waals surface area contributed by atoms with Gasteiger partial charge in [0.05, 0.1) is 11.7 Å².